The van der Waals surface area contributed by atoms with Crippen molar-refractivity contribution < 1.29 is 9.59 Å². The summed E-state index contributed by atoms with van der Waals surface area (Å²) in [7, 11) is 0. The standard InChI is InChI=1S/C18H18N2O2S2/c1-3-6-12-11-7-4-5-8-14(11)24-15(12)17(22)20-18-13(16(19)21)9-10(2)23-18/h4-5,7-9H,3,6H2,1-2H3,(H2,19,21)(H,20,22). The van der Waals surface area contributed by atoms with E-state index >= 15 is 0 Å². The van der Waals surface area contributed by atoms with Crippen LogP contribution in [0.25, 0.3) is 10.1 Å². The maximum atomic E-state index is 12.8. The number of fused-ring (bicyclic) bond motifs is 1. The normalized spacial score (nSPS) is 10.9. The fourth-order valence-corrected chi connectivity index (χ4v) is 4.79. The molecule has 24 heavy (non-hydrogen) atoms. The third kappa shape index (κ3) is 3.07. The van der Waals surface area contributed by atoms with Gasteiger partial charge in [-0.05, 0) is 36.4 Å². The zero-order valence-corrected chi connectivity index (χ0v) is 15.1. The molecule has 3 rings (SSSR count). The van der Waals surface area contributed by atoms with Gasteiger partial charge in [0, 0.05) is 9.58 Å². The summed E-state index contributed by atoms with van der Waals surface area (Å²) in [5.74, 6) is -0.705. The molecule has 3 N–H and O–H groups in total. The summed E-state index contributed by atoms with van der Waals surface area (Å²) >= 11 is 2.85. The van der Waals surface area contributed by atoms with Crippen LogP contribution in [0.1, 0.15) is 43.8 Å². The van der Waals surface area contributed by atoms with Gasteiger partial charge < -0.3 is 11.1 Å². The Morgan fingerprint density at radius 2 is 1.96 bits per heavy atom. The lowest BCUT2D eigenvalue weighted by Crippen LogP contribution is -2.16. The maximum Gasteiger partial charge on any atom is 0.266 e. The van der Waals surface area contributed by atoms with Gasteiger partial charge in [-0.1, -0.05) is 31.5 Å². The number of carbonyl (C=O) groups is 2. The quantitative estimate of drug-likeness (QED) is 0.701. The van der Waals surface area contributed by atoms with Crippen molar-refractivity contribution >= 4 is 49.6 Å². The first-order valence-electron chi connectivity index (χ1n) is 7.73. The van der Waals surface area contributed by atoms with Crippen molar-refractivity contribution in [3.63, 3.8) is 0 Å². The van der Waals surface area contributed by atoms with Crippen LogP contribution in [-0.2, 0) is 6.42 Å². The van der Waals surface area contributed by atoms with Crippen LogP contribution in [0, 0.1) is 6.92 Å². The highest BCUT2D eigenvalue weighted by Gasteiger charge is 2.20. The number of aryl methyl sites for hydroxylation is 2. The highest BCUT2D eigenvalue weighted by Crippen LogP contribution is 2.34. The second-order valence-corrected chi connectivity index (χ2v) is 7.88. The van der Waals surface area contributed by atoms with Crippen molar-refractivity contribution in [1.82, 2.24) is 0 Å². The van der Waals surface area contributed by atoms with E-state index < -0.39 is 5.91 Å². The van der Waals surface area contributed by atoms with E-state index in [2.05, 4.69) is 18.3 Å². The number of primary amides is 1. The number of nitrogens with one attached hydrogen (secondary N) is 1. The lowest BCUT2D eigenvalue weighted by molar-refractivity contribution is 0.100. The van der Waals surface area contributed by atoms with Gasteiger partial charge in [0.1, 0.15) is 5.00 Å². The molecule has 2 amide bonds. The average molecular weight is 358 g/mol. The van der Waals surface area contributed by atoms with Gasteiger partial charge in [-0.25, -0.2) is 0 Å². The number of amides is 2. The molecule has 0 aliphatic carbocycles. The molecule has 0 aliphatic rings. The Bertz CT molecular complexity index is 924. The minimum Gasteiger partial charge on any atom is -0.366 e. The summed E-state index contributed by atoms with van der Waals surface area (Å²) in [4.78, 5) is 26.0. The van der Waals surface area contributed by atoms with Crippen molar-refractivity contribution in [1.29, 1.82) is 0 Å². The minimum atomic E-state index is -0.528. The van der Waals surface area contributed by atoms with Crippen molar-refractivity contribution in [2.75, 3.05) is 5.32 Å². The summed E-state index contributed by atoms with van der Waals surface area (Å²) in [6.07, 6.45) is 1.81. The first-order valence-corrected chi connectivity index (χ1v) is 9.36. The first kappa shape index (κ1) is 16.7. The maximum absolute atomic E-state index is 12.8. The smallest absolute Gasteiger partial charge is 0.266 e. The molecule has 0 atom stereocenters. The lowest BCUT2D eigenvalue weighted by atomic mass is 10.1. The van der Waals surface area contributed by atoms with Gasteiger partial charge in [0.15, 0.2) is 0 Å². The lowest BCUT2D eigenvalue weighted by Gasteiger charge is -2.05. The summed E-state index contributed by atoms with van der Waals surface area (Å²) in [5, 5.41) is 4.53. The van der Waals surface area contributed by atoms with Crippen LogP contribution in [-0.4, -0.2) is 11.8 Å². The summed E-state index contributed by atoms with van der Waals surface area (Å²) in [5.41, 5.74) is 6.84. The molecule has 124 valence electrons. The molecule has 0 aliphatic heterocycles. The second kappa shape index (κ2) is 6.75. The topological polar surface area (TPSA) is 72.2 Å². The second-order valence-electron chi connectivity index (χ2n) is 5.57. The van der Waals surface area contributed by atoms with Crippen molar-refractivity contribution in [2.45, 2.75) is 26.7 Å². The van der Waals surface area contributed by atoms with E-state index in [0.29, 0.717) is 15.4 Å². The number of anilines is 1. The number of nitrogens with two attached hydrogens (primary N) is 1. The Kier molecular flexibility index (Phi) is 4.69. The Balaban J connectivity index is 2.00. The molecule has 0 saturated carbocycles. The fraction of sp³-hybridized carbons (Fsp3) is 0.222. The van der Waals surface area contributed by atoms with E-state index in [0.717, 1.165) is 33.4 Å². The summed E-state index contributed by atoms with van der Waals surface area (Å²) in [6, 6.07) is 9.76. The average Bonchev–Trinajstić information content (AvgIpc) is 3.09. The number of carbonyl (C=O) groups excluding carboxylic acids is 2. The largest absolute Gasteiger partial charge is 0.366 e. The van der Waals surface area contributed by atoms with E-state index in [1.54, 1.807) is 6.07 Å². The Morgan fingerprint density at radius 1 is 1.21 bits per heavy atom. The van der Waals surface area contributed by atoms with E-state index in [9.17, 15) is 9.59 Å². The van der Waals surface area contributed by atoms with Crippen LogP contribution in [0.2, 0.25) is 0 Å². The number of hydrogen-bond acceptors (Lipinski definition) is 4. The van der Waals surface area contributed by atoms with Crippen LogP contribution in [0.5, 0.6) is 0 Å². The van der Waals surface area contributed by atoms with Gasteiger partial charge in [-0.15, -0.1) is 22.7 Å². The molecule has 1 aromatic carbocycles. The van der Waals surface area contributed by atoms with E-state index in [1.807, 2.05) is 25.1 Å². The van der Waals surface area contributed by atoms with Crippen LogP contribution >= 0.6 is 22.7 Å². The van der Waals surface area contributed by atoms with Crippen LogP contribution in [0.3, 0.4) is 0 Å². The van der Waals surface area contributed by atoms with E-state index in [1.165, 1.54) is 22.7 Å². The Hall–Kier alpha value is -2.18. The van der Waals surface area contributed by atoms with Crippen LogP contribution < -0.4 is 11.1 Å². The monoisotopic (exact) mass is 358 g/mol. The van der Waals surface area contributed by atoms with Gasteiger partial charge in [0.2, 0.25) is 0 Å². The van der Waals surface area contributed by atoms with Gasteiger partial charge in [0.05, 0.1) is 10.4 Å². The molecule has 4 nitrogen and oxygen atoms in total. The molecule has 6 heteroatoms. The SMILES string of the molecule is CCCc1c(C(=O)Nc2sc(C)cc2C(N)=O)sc2ccccc12. The fourth-order valence-electron chi connectivity index (χ4n) is 2.73. The molecule has 0 saturated heterocycles. The van der Waals surface area contributed by atoms with Gasteiger partial charge in [-0.3, -0.25) is 9.59 Å². The Labute approximate surface area is 148 Å². The zero-order valence-electron chi connectivity index (χ0n) is 13.5. The summed E-state index contributed by atoms with van der Waals surface area (Å²) < 4.78 is 1.10. The molecule has 0 bridgehead atoms. The molecular formula is C18H18N2O2S2. The Morgan fingerprint density at radius 3 is 2.67 bits per heavy atom. The minimum absolute atomic E-state index is 0.177. The number of rotatable bonds is 5. The molecular weight excluding hydrogens is 340 g/mol. The number of benzene rings is 1. The summed E-state index contributed by atoms with van der Waals surface area (Å²) in [6.45, 7) is 3.98. The van der Waals surface area contributed by atoms with Crippen LogP contribution in [0.15, 0.2) is 30.3 Å². The van der Waals surface area contributed by atoms with E-state index in [-0.39, 0.29) is 5.91 Å². The van der Waals surface area contributed by atoms with Gasteiger partial charge in [0.25, 0.3) is 11.8 Å². The van der Waals surface area contributed by atoms with Gasteiger partial charge in [-0.2, -0.15) is 0 Å². The third-order valence-corrected chi connectivity index (χ3v) is 5.93. The molecule has 0 fully saturated rings. The highest BCUT2D eigenvalue weighted by molar-refractivity contribution is 7.21. The molecule has 0 unspecified atom stereocenters. The predicted molar refractivity (Wildman–Crippen MR) is 101 cm³/mol. The van der Waals surface area contributed by atoms with Gasteiger partial charge >= 0.3 is 0 Å². The molecule has 2 aromatic heterocycles. The number of hydrogen-bond donors (Lipinski definition) is 2. The van der Waals surface area contributed by atoms with Crippen molar-refractivity contribution in [3.05, 3.63) is 51.2 Å². The highest BCUT2D eigenvalue weighted by atomic mass is 32.1. The third-order valence-electron chi connectivity index (χ3n) is 3.75. The van der Waals surface area contributed by atoms with Crippen LogP contribution in [0.4, 0.5) is 5.00 Å². The first-order chi connectivity index (χ1) is 11.5. The predicted octanol–water partition coefficient (Wildman–Crippen LogP) is 4.57. The number of thiophene rings is 2. The molecule has 2 heterocycles. The molecule has 3 aromatic rings. The molecule has 0 spiro atoms. The molecule has 0 radical (unpaired) electrons. The van der Waals surface area contributed by atoms with Crippen molar-refractivity contribution in [2.24, 2.45) is 5.73 Å². The van der Waals surface area contributed by atoms with E-state index in [4.69, 9.17) is 5.73 Å². The van der Waals surface area contributed by atoms with Crippen molar-refractivity contribution in [3.8, 4) is 0 Å². The zero-order chi connectivity index (χ0) is 17.3.